The van der Waals surface area contributed by atoms with E-state index in [1.165, 1.54) is 4.90 Å². The van der Waals surface area contributed by atoms with Crippen LogP contribution in [0.15, 0.2) is 34.2 Å². The zero-order valence-electron chi connectivity index (χ0n) is 9.81. The Kier molecular flexibility index (Phi) is 4.68. The maximum absolute atomic E-state index is 11.3. The molecule has 17 heavy (non-hydrogen) atoms. The summed E-state index contributed by atoms with van der Waals surface area (Å²) in [5.41, 5.74) is 1.04. The van der Waals surface area contributed by atoms with Gasteiger partial charge in [0.05, 0.1) is 16.5 Å². The molecule has 0 unspecified atom stereocenters. The second kappa shape index (κ2) is 6.26. The predicted octanol–water partition coefficient (Wildman–Crippen LogP) is 3.92. The van der Waals surface area contributed by atoms with Crippen LogP contribution in [0, 0.1) is 0 Å². The van der Waals surface area contributed by atoms with Crippen molar-refractivity contribution < 1.29 is 4.79 Å². The molecular weight excluding hydrogens is 250 g/mol. The van der Waals surface area contributed by atoms with Crippen molar-refractivity contribution in [3.05, 3.63) is 24.3 Å². The summed E-state index contributed by atoms with van der Waals surface area (Å²) >= 11 is 3.43. The van der Waals surface area contributed by atoms with Gasteiger partial charge in [0.25, 0.3) is 0 Å². The highest BCUT2D eigenvalue weighted by Crippen LogP contribution is 2.34. The number of rotatable bonds is 3. The number of carbonyl (C=O) groups is 1. The van der Waals surface area contributed by atoms with Crippen molar-refractivity contribution >= 4 is 40.0 Å². The van der Waals surface area contributed by atoms with E-state index >= 15 is 0 Å². The van der Waals surface area contributed by atoms with Crippen LogP contribution in [-0.2, 0) is 4.79 Å². The first-order valence-electron chi connectivity index (χ1n) is 5.73. The molecule has 0 fully saturated rings. The molecule has 4 heteroatoms. The number of Topliss-reactive ketones (excluding diaryl/α,β-unsaturated/α-hetero) is 1. The van der Waals surface area contributed by atoms with Gasteiger partial charge in [0.1, 0.15) is 5.78 Å². The minimum atomic E-state index is 0.294. The van der Waals surface area contributed by atoms with Crippen molar-refractivity contribution in [3.63, 3.8) is 0 Å². The molecule has 0 aromatic heterocycles. The summed E-state index contributed by atoms with van der Waals surface area (Å²) in [6, 6.07) is 8.19. The Morgan fingerprint density at radius 1 is 1.47 bits per heavy atom. The Morgan fingerprint density at radius 3 is 3.12 bits per heavy atom. The third-order valence-electron chi connectivity index (χ3n) is 2.48. The third kappa shape index (κ3) is 3.61. The Hall–Kier alpha value is -0.740. The Morgan fingerprint density at radius 2 is 2.29 bits per heavy atom. The molecular formula is C13H15NOS2. The molecule has 1 heterocycles. The number of aliphatic imine (C=N–C) groups is 1. The number of para-hydroxylation sites is 1. The van der Waals surface area contributed by atoms with Gasteiger partial charge in [-0.15, -0.1) is 23.5 Å². The van der Waals surface area contributed by atoms with Crippen LogP contribution < -0.4 is 0 Å². The average molecular weight is 265 g/mol. The van der Waals surface area contributed by atoms with E-state index in [0.29, 0.717) is 18.0 Å². The van der Waals surface area contributed by atoms with Crippen LogP contribution in [0.3, 0.4) is 0 Å². The van der Waals surface area contributed by atoms with Crippen LogP contribution in [0.25, 0.3) is 0 Å². The number of fused-ring (bicyclic) bond motifs is 1. The van der Waals surface area contributed by atoms with Crippen LogP contribution in [-0.4, -0.2) is 22.3 Å². The van der Waals surface area contributed by atoms with Gasteiger partial charge in [-0.3, -0.25) is 4.79 Å². The number of carbonyl (C=O) groups excluding carboxylic acids is 1. The second-order valence-electron chi connectivity index (χ2n) is 3.75. The molecule has 0 saturated heterocycles. The third-order valence-corrected chi connectivity index (χ3v) is 4.64. The number of thioether (sulfide) groups is 2. The van der Waals surface area contributed by atoms with Crippen molar-refractivity contribution in [2.75, 3.05) is 11.5 Å². The summed E-state index contributed by atoms with van der Waals surface area (Å²) in [5, 5.41) is 1.09. The summed E-state index contributed by atoms with van der Waals surface area (Å²) < 4.78 is 0. The molecule has 0 bridgehead atoms. The van der Waals surface area contributed by atoms with E-state index in [1.54, 1.807) is 11.8 Å². The van der Waals surface area contributed by atoms with E-state index in [-0.39, 0.29) is 0 Å². The van der Waals surface area contributed by atoms with Gasteiger partial charge in [0, 0.05) is 23.5 Å². The standard InChI is InChI=1S/C13H15NOS2/c1-2-10(15)9-17-13-7-8-16-12-6-4-3-5-11(12)14-13/h3-6H,2,7-9H2,1H3. The van der Waals surface area contributed by atoms with Gasteiger partial charge in [0.15, 0.2) is 0 Å². The first-order valence-corrected chi connectivity index (χ1v) is 7.70. The highest BCUT2D eigenvalue weighted by molar-refractivity contribution is 8.14. The lowest BCUT2D eigenvalue weighted by molar-refractivity contribution is -0.116. The summed E-state index contributed by atoms with van der Waals surface area (Å²) in [4.78, 5) is 17.2. The van der Waals surface area contributed by atoms with E-state index in [2.05, 4.69) is 11.1 Å². The zero-order valence-corrected chi connectivity index (χ0v) is 11.4. The van der Waals surface area contributed by atoms with Crippen LogP contribution in [0.1, 0.15) is 19.8 Å². The van der Waals surface area contributed by atoms with Crippen molar-refractivity contribution in [1.82, 2.24) is 0 Å². The van der Waals surface area contributed by atoms with Crippen molar-refractivity contribution in [3.8, 4) is 0 Å². The van der Waals surface area contributed by atoms with E-state index in [0.717, 1.165) is 22.9 Å². The van der Waals surface area contributed by atoms with Gasteiger partial charge >= 0.3 is 0 Å². The molecule has 0 N–H and O–H groups in total. The maximum Gasteiger partial charge on any atom is 0.142 e. The largest absolute Gasteiger partial charge is 0.299 e. The lowest BCUT2D eigenvalue weighted by Crippen LogP contribution is -2.03. The van der Waals surface area contributed by atoms with E-state index < -0.39 is 0 Å². The fourth-order valence-electron chi connectivity index (χ4n) is 1.48. The molecule has 2 rings (SSSR count). The first-order chi connectivity index (χ1) is 8.29. The van der Waals surface area contributed by atoms with Crippen molar-refractivity contribution in [1.29, 1.82) is 0 Å². The number of nitrogens with zero attached hydrogens (tertiary/aromatic N) is 1. The molecule has 1 aromatic rings. The topological polar surface area (TPSA) is 29.4 Å². The van der Waals surface area contributed by atoms with Gasteiger partial charge in [-0.2, -0.15) is 0 Å². The number of hydrogen-bond acceptors (Lipinski definition) is 4. The Labute approximate surface area is 110 Å². The smallest absolute Gasteiger partial charge is 0.142 e. The average Bonchev–Trinajstić information content (AvgIpc) is 2.57. The van der Waals surface area contributed by atoms with Gasteiger partial charge in [-0.05, 0) is 12.1 Å². The number of benzene rings is 1. The van der Waals surface area contributed by atoms with Gasteiger partial charge in [0.2, 0.25) is 0 Å². The molecule has 0 saturated carbocycles. The second-order valence-corrected chi connectivity index (χ2v) is 5.94. The van der Waals surface area contributed by atoms with E-state index in [9.17, 15) is 4.79 Å². The minimum absolute atomic E-state index is 0.294. The maximum atomic E-state index is 11.3. The monoisotopic (exact) mass is 265 g/mol. The van der Waals surface area contributed by atoms with Gasteiger partial charge in [-0.25, -0.2) is 4.99 Å². The van der Waals surface area contributed by atoms with Crippen LogP contribution in [0.5, 0.6) is 0 Å². The quantitative estimate of drug-likeness (QED) is 0.829. The van der Waals surface area contributed by atoms with E-state index in [1.807, 2.05) is 36.9 Å². The highest BCUT2D eigenvalue weighted by atomic mass is 32.2. The molecule has 0 atom stereocenters. The molecule has 0 spiro atoms. The van der Waals surface area contributed by atoms with Gasteiger partial charge < -0.3 is 0 Å². The Bertz CT molecular complexity index is 443. The molecule has 0 radical (unpaired) electrons. The minimum Gasteiger partial charge on any atom is -0.299 e. The summed E-state index contributed by atoms with van der Waals surface area (Å²) in [6.07, 6.45) is 1.58. The molecule has 0 amide bonds. The molecule has 1 aliphatic heterocycles. The normalized spacial score (nSPS) is 14.8. The SMILES string of the molecule is CCC(=O)CSC1=Nc2ccccc2SCC1. The summed E-state index contributed by atoms with van der Waals surface area (Å²) in [5.74, 6) is 1.90. The predicted molar refractivity (Wildman–Crippen MR) is 76.6 cm³/mol. The number of hydrogen-bond donors (Lipinski definition) is 0. The lowest BCUT2D eigenvalue weighted by Gasteiger charge is -2.01. The highest BCUT2D eigenvalue weighted by Gasteiger charge is 2.11. The fourth-order valence-corrected chi connectivity index (χ4v) is 3.50. The molecule has 2 nitrogen and oxygen atoms in total. The summed E-state index contributed by atoms with van der Waals surface area (Å²) in [6.45, 7) is 1.91. The zero-order chi connectivity index (χ0) is 12.1. The molecule has 1 aromatic carbocycles. The van der Waals surface area contributed by atoms with E-state index in [4.69, 9.17) is 0 Å². The summed E-state index contributed by atoms with van der Waals surface area (Å²) in [7, 11) is 0. The van der Waals surface area contributed by atoms with Crippen LogP contribution in [0.2, 0.25) is 0 Å². The van der Waals surface area contributed by atoms with Crippen molar-refractivity contribution in [2.24, 2.45) is 4.99 Å². The lowest BCUT2D eigenvalue weighted by atomic mass is 10.3. The van der Waals surface area contributed by atoms with Gasteiger partial charge in [-0.1, -0.05) is 19.1 Å². The van der Waals surface area contributed by atoms with Crippen LogP contribution >= 0.6 is 23.5 Å². The van der Waals surface area contributed by atoms with Crippen LogP contribution in [0.4, 0.5) is 5.69 Å². The molecule has 1 aliphatic rings. The fraction of sp³-hybridized carbons (Fsp3) is 0.385. The van der Waals surface area contributed by atoms with Crippen molar-refractivity contribution in [2.45, 2.75) is 24.7 Å². The number of ketones is 1. The molecule has 90 valence electrons. The molecule has 0 aliphatic carbocycles. The first kappa shape index (κ1) is 12.7. The Balaban J connectivity index is 2.09.